The summed E-state index contributed by atoms with van der Waals surface area (Å²) in [7, 11) is -3.34. The number of nitrogens with one attached hydrogen (secondary N) is 1. The van der Waals surface area contributed by atoms with E-state index in [0.29, 0.717) is 73.1 Å². The number of hydrogen-bond donors (Lipinski definition) is 2. The number of pyridine rings is 8. The minimum atomic E-state index is -1.12. The first kappa shape index (κ1) is 115. The summed E-state index contributed by atoms with van der Waals surface area (Å²) >= 11 is 0. The van der Waals surface area contributed by atoms with E-state index in [4.69, 9.17) is 33.2 Å². The maximum absolute atomic E-state index is 11.6. The predicted molar refractivity (Wildman–Crippen MR) is 600 cm³/mol. The van der Waals surface area contributed by atoms with E-state index >= 15 is 0 Å². The summed E-state index contributed by atoms with van der Waals surface area (Å²) in [5.74, 6) is 5.33. The number of ether oxygens (including phenoxy) is 7. The molecular formula is C113H145N21O12Si3. The van der Waals surface area contributed by atoms with Gasteiger partial charge >= 0.3 is 0 Å². The van der Waals surface area contributed by atoms with Crippen molar-refractivity contribution >= 4 is 103 Å². The highest BCUT2D eigenvalue weighted by Crippen LogP contribution is 2.34. The number of aliphatic hydroxyl groups is 1. The van der Waals surface area contributed by atoms with Crippen molar-refractivity contribution in [2.75, 3.05) is 105 Å². The number of nitrogens with zero attached hydrogens (tertiary/aromatic N) is 20. The van der Waals surface area contributed by atoms with Crippen LogP contribution in [0.4, 0.5) is 0 Å². The SMILES string of the molecule is C.C.C.C.CC(=O)N1CCN(Cc2cc3cc(Oc4ccc(-c5ccnn5COCC[Si](C)(C)C)cn4)ccc3cn2)CC1.CC(=O)N1CCN(Cc2cc3cc(Oc4ccc(C5=CC=NC5)cn4)ccc3cn2)CC1.CC(=O)N1CCNCC1.C[Si](C)(C)CCOCn1nccc1-c1ccc(Oc2ccc3cnc(C=O)cc3c2)nc1.C[Si](C)(C)CCOCn1nccc1-c1ccc(Oc2ccc3cnc(CO)cc3c2)nc1. The molecule has 0 spiro atoms. The average molecular weight is 2070 g/mol. The quantitative estimate of drug-likeness (QED) is 0.0219. The molecule has 3 saturated heterocycles. The van der Waals surface area contributed by atoms with E-state index in [1.165, 1.54) is 0 Å². The molecule has 0 aliphatic carbocycles. The van der Waals surface area contributed by atoms with Gasteiger partial charge < -0.3 is 58.3 Å². The number of aromatic nitrogens is 14. The summed E-state index contributed by atoms with van der Waals surface area (Å²) < 4.78 is 47.1. The number of aliphatic hydroxyl groups excluding tert-OH is 1. The maximum atomic E-state index is 11.6. The fourth-order valence-corrected chi connectivity index (χ4v) is 18.4. The van der Waals surface area contributed by atoms with Gasteiger partial charge in [0, 0.05) is 293 Å². The highest BCUT2D eigenvalue weighted by molar-refractivity contribution is 6.76. The Morgan fingerprint density at radius 2 is 0.685 bits per heavy atom. The zero-order valence-electron chi connectivity index (χ0n) is 84.7. The number of aliphatic imine (C=N–C) groups is 1. The summed E-state index contributed by atoms with van der Waals surface area (Å²) in [4.78, 5) is 94.8. The van der Waals surface area contributed by atoms with Gasteiger partial charge in [-0.05, 0) is 196 Å². The van der Waals surface area contributed by atoms with E-state index in [9.17, 15) is 24.3 Å². The van der Waals surface area contributed by atoms with Crippen molar-refractivity contribution in [3.8, 4) is 80.3 Å². The van der Waals surface area contributed by atoms with Gasteiger partial charge in [0.15, 0.2) is 6.29 Å². The number of fused-ring (bicyclic) bond motifs is 4. The number of carbonyl (C=O) groups is 4. The van der Waals surface area contributed by atoms with Crippen molar-refractivity contribution in [3.63, 3.8) is 0 Å². The molecule has 4 aliphatic heterocycles. The minimum Gasteiger partial charge on any atom is -0.439 e. The standard InChI is InChI=1S/C30H38N6O3Si.C25H25N5O2.C24H28N4O3Si.C24H26N4O3Si.C6H12N2O.4CH4/c1-23(37)35-13-11-34(12-14-35)21-27-17-26-18-28(7-5-24(26)19-31-27)39-30-8-6-25(20-32-30)29-9-10-33-36(29)22-38-15-16-40(2,3)4;1-18(31)30-10-8-29(9-11-30)17-23-12-22-13-24(4-2-20(22)15-27-23)32-25-5-3-19(16-28-25)21-6-7-26-14-21;2*1-32(2,3)11-10-30-17-28-23(8-9-27-28)19-5-7-24(26-15-19)31-22-6-4-18-14-25-21(16-29)12-20(18)13-22;1-6(9)8-4-2-7-3-5-8;;;;/h5-10,17-20H,11-16,21-22H2,1-4H3;2-7,12-13,15-16H,8-11,14,17H2,1H3;4-9,12-15,29H,10-11,16-17H2,1-3H3;4-9,12-16H,10-11,17H2,1-3H3;7H,2-5H2,1H3;4*1H4. The molecule has 2 N–H and O–H groups in total. The topological polar surface area (TPSA) is 350 Å². The van der Waals surface area contributed by atoms with E-state index in [-0.39, 0.29) is 54.0 Å². The molecular weight excluding hydrogens is 1930 g/mol. The molecule has 36 heteroatoms. The normalized spacial score (nSPS) is 13.6. The summed E-state index contributed by atoms with van der Waals surface area (Å²) in [5.41, 5.74) is 10.9. The zero-order chi connectivity index (χ0) is 102. The van der Waals surface area contributed by atoms with Crippen LogP contribution in [-0.2, 0) is 68.5 Å². The Balaban J connectivity index is 0.000000182. The third kappa shape index (κ3) is 34.7. The molecule has 11 aromatic heterocycles. The Kier molecular flexibility index (Phi) is 42.6. The molecule has 15 heterocycles. The lowest BCUT2D eigenvalue weighted by Crippen LogP contribution is -2.47. The number of piperazine rings is 3. The second kappa shape index (κ2) is 55.2. The largest absolute Gasteiger partial charge is 0.439 e. The van der Waals surface area contributed by atoms with Crippen molar-refractivity contribution < 1.29 is 57.4 Å². The molecule has 0 bridgehead atoms. The lowest BCUT2D eigenvalue weighted by molar-refractivity contribution is -0.131. The number of carbonyl (C=O) groups excluding carboxylic acids is 4. The van der Waals surface area contributed by atoms with E-state index in [0.717, 1.165) is 247 Å². The molecule has 0 atom stereocenters. The molecule has 3 fully saturated rings. The third-order valence-electron chi connectivity index (χ3n) is 24.7. The smallest absolute Gasteiger partial charge is 0.219 e. The number of benzene rings is 4. The average Bonchev–Trinajstić information content (AvgIpc) is 1.44. The van der Waals surface area contributed by atoms with Crippen LogP contribution >= 0.6 is 0 Å². The first-order valence-electron chi connectivity index (χ1n) is 49.1. The molecule has 19 rings (SSSR count). The first-order valence-corrected chi connectivity index (χ1v) is 60.2. The van der Waals surface area contributed by atoms with Gasteiger partial charge in [0.1, 0.15) is 48.9 Å². The number of aldehydes is 1. The molecule has 4 aromatic carbocycles. The van der Waals surface area contributed by atoms with Gasteiger partial charge in [-0.25, -0.2) is 34.0 Å². The van der Waals surface area contributed by atoms with E-state index in [1.54, 1.807) is 76.4 Å². The maximum Gasteiger partial charge on any atom is 0.219 e. The summed E-state index contributed by atoms with van der Waals surface area (Å²) in [6.07, 6.45) is 24.3. The van der Waals surface area contributed by atoms with Gasteiger partial charge in [-0.15, -0.1) is 0 Å². The Hall–Kier alpha value is -14.2. The van der Waals surface area contributed by atoms with Crippen molar-refractivity contribution in [2.45, 2.75) is 167 Å². The molecule has 4 aliphatic rings. The van der Waals surface area contributed by atoms with Gasteiger partial charge in [-0.3, -0.25) is 53.9 Å². The summed E-state index contributed by atoms with van der Waals surface area (Å²) in [6.45, 7) is 41.8. The summed E-state index contributed by atoms with van der Waals surface area (Å²) in [5, 5.41) is 33.7. The Morgan fingerprint density at radius 3 is 0.987 bits per heavy atom. The molecule has 0 saturated carbocycles. The molecule has 0 unspecified atom stereocenters. The molecule has 15 aromatic rings. The van der Waals surface area contributed by atoms with Crippen LogP contribution in [0.3, 0.4) is 0 Å². The van der Waals surface area contributed by atoms with Crippen LogP contribution in [0.5, 0.6) is 46.5 Å². The van der Waals surface area contributed by atoms with Crippen LogP contribution in [0.15, 0.2) is 243 Å². The van der Waals surface area contributed by atoms with Crippen LogP contribution < -0.4 is 24.3 Å². The zero-order valence-corrected chi connectivity index (χ0v) is 87.7. The van der Waals surface area contributed by atoms with Crippen LogP contribution in [0, 0.1) is 0 Å². The van der Waals surface area contributed by atoms with Crippen molar-refractivity contribution in [1.82, 2.24) is 99.0 Å². The predicted octanol–water partition coefficient (Wildman–Crippen LogP) is 21.3. The Bertz CT molecular complexity index is 6910. The minimum absolute atomic E-state index is 0. The van der Waals surface area contributed by atoms with Crippen LogP contribution in [0.2, 0.25) is 77.1 Å². The van der Waals surface area contributed by atoms with E-state index < -0.39 is 24.2 Å². The van der Waals surface area contributed by atoms with Crippen molar-refractivity contribution in [3.05, 3.63) is 266 Å². The van der Waals surface area contributed by atoms with E-state index in [2.05, 4.69) is 146 Å². The highest BCUT2D eigenvalue weighted by Gasteiger charge is 2.24. The Morgan fingerprint density at radius 1 is 0.362 bits per heavy atom. The van der Waals surface area contributed by atoms with Crippen molar-refractivity contribution in [1.29, 1.82) is 0 Å². The Labute approximate surface area is 878 Å². The van der Waals surface area contributed by atoms with Gasteiger partial charge in [-0.2, -0.15) is 15.3 Å². The van der Waals surface area contributed by atoms with Crippen molar-refractivity contribution in [2.24, 2.45) is 4.99 Å². The van der Waals surface area contributed by atoms with Crippen LogP contribution in [0.25, 0.3) is 82.4 Å². The monoisotopic (exact) mass is 2070 g/mol. The molecule has 33 nitrogen and oxygen atoms in total. The number of amides is 3. The third-order valence-corrected chi connectivity index (χ3v) is 29.8. The van der Waals surface area contributed by atoms with Gasteiger partial charge in [-0.1, -0.05) is 88.6 Å². The van der Waals surface area contributed by atoms with Gasteiger partial charge in [0.2, 0.25) is 41.2 Å². The lowest BCUT2D eigenvalue weighted by Gasteiger charge is -2.33. The lowest BCUT2D eigenvalue weighted by atomic mass is 10.1. The van der Waals surface area contributed by atoms with Crippen LogP contribution in [0.1, 0.15) is 83.6 Å². The molecule has 3 amide bonds. The number of rotatable bonds is 33. The fraction of sp³-hybridized carbons (Fsp3) is 0.363. The molecule has 0 radical (unpaired) electrons. The van der Waals surface area contributed by atoms with Gasteiger partial charge in [0.25, 0.3) is 0 Å². The fourth-order valence-electron chi connectivity index (χ4n) is 16.1. The molecule has 786 valence electrons. The number of allylic oxidation sites excluding steroid dienone is 1. The number of hydrogen-bond acceptors (Lipinski definition) is 27. The molecule has 149 heavy (non-hydrogen) atoms. The van der Waals surface area contributed by atoms with Gasteiger partial charge in [0.05, 0.1) is 47.3 Å². The second-order valence-corrected chi connectivity index (χ2v) is 56.5. The van der Waals surface area contributed by atoms with Crippen LogP contribution in [-0.4, -0.2) is 258 Å². The van der Waals surface area contributed by atoms with E-state index in [1.807, 2.05) is 205 Å². The highest BCUT2D eigenvalue weighted by atomic mass is 28.3. The summed E-state index contributed by atoms with van der Waals surface area (Å²) in [6, 6.07) is 55.7. The first-order chi connectivity index (χ1) is 70.0. The second-order valence-electron chi connectivity index (χ2n) is 39.6.